The van der Waals surface area contributed by atoms with Crippen molar-refractivity contribution in [2.24, 2.45) is 0 Å². The number of hydrogen-bond donors (Lipinski definition) is 0. The number of cyclic esters (lactones) is 1. The molecule has 1 atom stereocenters. The Balaban J connectivity index is 1.61. The molecule has 2 aromatic rings. The molecule has 3 heterocycles. The summed E-state index contributed by atoms with van der Waals surface area (Å²) in [6.07, 6.45) is 2.97. The summed E-state index contributed by atoms with van der Waals surface area (Å²) < 4.78 is 28.7. The zero-order valence-electron chi connectivity index (χ0n) is 15.0. The number of carbonyl (C=O) groups excluding carboxylic acids is 1. The molecule has 1 aromatic heterocycles. The summed E-state index contributed by atoms with van der Waals surface area (Å²) in [5, 5.41) is 0. The predicted molar refractivity (Wildman–Crippen MR) is 100 cm³/mol. The van der Waals surface area contributed by atoms with Crippen LogP contribution in [0, 0.1) is 0 Å². The van der Waals surface area contributed by atoms with Gasteiger partial charge in [0.15, 0.2) is 9.84 Å². The summed E-state index contributed by atoms with van der Waals surface area (Å²) in [6, 6.07) is 13.3. The minimum absolute atomic E-state index is 0.197. The number of anilines is 1. The normalized spacial score (nSPS) is 22.5. The minimum atomic E-state index is -3.28. The Morgan fingerprint density at radius 3 is 2.59 bits per heavy atom. The van der Waals surface area contributed by atoms with E-state index in [-0.39, 0.29) is 11.0 Å². The summed E-state index contributed by atoms with van der Waals surface area (Å²) in [5.41, 5.74) is 0.691. The number of amides is 1. The van der Waals surface area contributed by atoms with Crippen LogP contribution in [0.3, 0.4) is 0 Å². The summed E-state index contributed by atoms with van der Waals surface area (Å²) >= 11 is 0. The molecule has 2 aliphatic heterocycles. The topological polar surface area (TPSA) is 79.8 Å². The first-order valence-electron chi connectivity index (χ1n) is 8.77. The fourth-order valence-electron chi connectivity index (χ4n) is 3.81. The Morgan fingerprint density at radius 2 is 1.93 bits per heavy atom. The molecule has 2 fully saturated rings. The maximum absolute atomic E-state index is 12.2. The van der Waals surface area contributed by atoms with E-state index in [2.05, 4.69) is 9.88 Å². The maximum Gasteiger partial charge on any atom is 0.410 e. The Hall–Kier alpha value is -2.61. The molecule has 0 saturated carbocycles. The lowest BCUT2D eigenvalue weighted by molar-refractivity contribution is 0.140. The maximum atomic E-state index is 12.2. The van der Waals surface area contributed by atoms with Crippen LogP contribution < -0.4 is 4.90 Å². The molecule has 8 heteroatoms. The number of aromatic nitrogens is 1. The molecule has 0 spiro atoms. The molecule has 2 aliphatic rings. The van der Waals surface area contributed by atoms with Gasteiger partial charge in [-0.05, 0) is 17.7 Å². The van der Waals surface area contributed by atoms with Crippen LogP contribution in [-0.4, -0.2) is 62.4 Å². The number of pyridine rings is 1. The van der Waals surface area contributed by atoms with Crippen molar-refractivity contribution in [1.82, 2.24) is 9.88 Å². The Kier molecular flexibility index (Phi) is 4.30. The number of rotatable bonds is 4. The van der Waals surface area contributed by atoms with E-state index >= 15 is 0 Å². The van der Waals surface area contributed by atoms with Gasteiger partial charge in [-0.15, -0.1) is 0 Å². The third kappa shape index (κ3) is 3.37. The van der Waals surface area contributed by atoms with Gasteiger partial charge >= 0.3 is 6.09 Å². The first-order chi connectivity index (χ1) is 12.9. The third-order valence-electron chi connectivity index (χ3n) is 5.18. The molecule has 142 valence electrons. The lowest BCUT2D eigenvalue weighted by Crippen LogP contribution is -2.62. The van der Waals surface area contributed by atoms with Crippen molar-refractivity contribution in [1.29, 1.82) is 0 Å². The predicted octanol–water partition coefficient (Wildman–Crippen LogP) is 1.74. The molecule has 1 unspecified atom stereocenters. The molecule has 4 rings (SSSR count). The van der Waals surface area contributed by atoms with Gasteiger partial charge in [-0.2, -0.15) is 0 Å². The van der Waals surface area contributed by atoms with Crippen LogP contribution in [-0.2, 0) is 21.0 Å². The van der Waals surface area contributed by atoms with Crippen LogP contribution >= 0.6 is 0 Å². The third-order valence-corrected chi connectivity index (χ3v) is 6.28. The van der Waals surface area contributed by atoms with Crippen molar-refractivity contribution in [3.63, 3.8) is 0 Å². The van der Waals surface area contributed by atoms with E-state index in [1.807, 2.05) is 35.2 Å². The van der Waals surface area contributed by atoms with Crippen molar-refractivity contribution in [2.75, 3.05) is 37.4 Å². The highest BCUT2D eigenvalue weighted by Crippen LogP contribution is 2.33. The van der Waals surface area contributed by atoms with Gasteiger partial charge in [-0.1, -0.05) is 30.3 Å². The van der Waals surface area contributed by atoms with Crippen LogP contribution in [0.15, 0.2) is 53.6 Å². The Morgan fingerprint density at radius 1 is 1.15 bits per heavy atom. The van der Waals surface area contributed by atoms with Gasteiger partial charge in [-0.25, -0.2) is 18.2 Å². The van der Waals surface area contributed by atoms with E-state index in [1.54, 1.807) is 12.1 Å². The van der Waals surface area contributed by atoms with Gasteiger partial charge in [0.1, 0.15) is 18.0 Å². The summed E-state index contributed by atoms with van der Waals surface area (Å²) in [6.45, 7) is 2.08. The van der Waals surface area contributed by atoms with Crippen molar-refractivity contribution < 1.29 is 17.9 Å². The molecule has 0 bridgehead atoms. The van der Waals surface area contributed by atoms with Crippen molar-refractivity contribution in [3.8, 4) is 0 Å². The molecule has 0 N–H and O–H groups in total. The smallest absolute Gasteiger partial charge is 0.410 e. The van der Waals surface area contributed by atoms with Gasteiger partial charge in [0, 0.05) is 38.5 Å². The molecule has 1 aromatic carbocycles. The van der Waals surface area contributed by atoms with Crippen LogP contribution in [0.25, 0.3) is 0 Å². The van der Waals surface area contributed by atoms with Crippen LogP contribution in [0.2, 0.25) is 0 Å². The highest BCUT2D eigenvalue weighted by Gasteiger charge is 2.50. The number of fused-ring (bicyclic) bond motifs is 1. The monoisotopic (exact) mass is 387 g/mol. The van der Waals surface area contributed by atoms with E-state index in [0.717, 1.165) is 5.56 Å². The standard InChI is InChI=1S/C19H21N3O4S/c1-27(24,25)16-7-8-17(20-12-16)21-9-10-22-18(23)26-14-19(22,13-21)11-15-5-3-2-4-6-15/h2-8,12H,9-11,13-14H2,1H3. The van der Waals surface area contributed by atoms with E-state index in [0.29, 0.717) is 38.5 Å². The van der Waals surface area contributed by atoms with Gasteiger partial charge < -0.3 is 9.64 Å². The van der Waals surface area contributed by atoms with E-state index < -0.39 is 15.4 Å². The summed E-state index contributed by atoms with van der Waals surface area (Å²) in [7, 11) is -3.28. The molecule has 0 radical (unpaired) electrons. The Bertz CT molecular complexity index is 947. The lowest BCUT2D eigenvalue weighted by atomic mass is 9.88. The lowest BCUT2D eigenvalue weighted by Gasteiger charge is -2.45. The summed E-state index contributed by atoms with van der Waals surface area (Å²) in [4.78, 5) is 20.7. The van der Waals surface area contributed by atoms with Gasteiger partial charge in [0.25, 0.3) is 0 Å². The van der Waals surface area contributed by atoms with E-state index in [4.69, 9.17) is 4.74 Å². The number of benzene rings is 1. The van der Waals surface area contributed by atoms with E-state index in [9.17, 15) is 13.2 Å². The van der Waals surface area contributed by atoms with Crippen LogP contribution in [0.4, 0.5) is 10.6 Å². The average Bonchev–Trinajstić information content (AvgIpc) is 2.98. The molecule has 2 saturated heterocycles. The average molecular weight is 387 g/mol. The van der Waals surface area contributed by atoms with Gasteiger partial charge in [0.2, 0.25) is 0 Å². The quantitative estimate of drug-likeness (QED) is 0.795. The zero-order chi connectivity index (χ0) is 19.1. The molecular weight excluding hydrogens is 366 g/mol. The second-order valence-electron chi connectivity index (χ2n) is 7.14. The summed E-state index contributed by atoms with van der Waals surface area (Å²) in [5.74, 6) is 0.703. The van der Waals surface area contributed by atoms with Crippen LogP contribution in [0.1, 0.15) is 5.56 Å². The number of sulfone groups is 1. The largest absolute Gasteiger partial charge is 0.447 e. The van der Waals surface area contributed by atoms with Crippen molar-refractivity contribution in [2.45, 2.75) is 16.9 Å². The number of piperazine rings is 1. The number of nitrogens with zero attached hydrogens (tertiary/aromatic N) is 3. The molecule has 27 heavy (non-hydrogen) atoms. The van der Waals surface area contributed by atoms with Gasteiger partial charge in [0.05, 0.1) is 4.90 Å². The van der Waals surface area contributed by atoms with Crippen molar-refractivity contribution in [3.05, 3.63) is 54.2 Å². The highest BCUT2D eigenvalue weighted by atomic mass is 32.2. The number of hydrogen-bond acceptors (Lipinski definition) is 6. The molecular formula is C19H21N3O4S. The Labute approximate surface area is 158 Å². The van der Waals surface area contributed by atoms with Crippen molar-refractivity contribution >= 4 is 21.7 Å². The van der Waals surface area contributed by atoms with Crippen LogP contribution in [0.5, 0.6) is 0 Å². The number of carbonyl (C=O) groups is 1. The zero-order valence-corrected chi connectivity index (χ0v) is 15.9. The first-order valence-corrected chi connectivity index (χ1v) is 10.7. The number of ether oxygens (including phenoxy) is 1. The SMILES string of the molecule is CS(=O)(=O)c1ccc(N2CCN3C(=O)OCC3(Cc3ccccc3)C2)nc1. The van der Waals surface area contributed by atoms with Gasteiger partial charge in [-0.3, -0.25) is 4.90 Å². The first kappa shape index (κ1) is 17.8. The second kappa shape index (κ2) is 6.53. The second-order valence-corrected chi connectivity index (χ2v) is 9.15. The van der Waals surface area contributed by atoms with E-state index in [1.165, 1.54) is 12.5 Å². The molecule has 7 nitrogen and oxygen atoms in total. The molecule has 0 aliphatic carbocycles. The molecule has 1 amide bonds. The fourth-order valence-corrected chi connectivity index (χ4v) is 4.37. The minimum Gasteiger partial charge on any atom is -0.447 e. The highest BCUT2D eigenvalue weighted by molar-refractivity contribution is 7.90. The fraction of sp³-hybridized carbons (Fsp3) is 0.368.